The van der Waals surface area contributed by atoms with Crippen molar-refractivity contribution in [3.8, 4) is 5.75 Å². The number of benzene rings is 3. The van der Waals surface area contributed by atoms with E-state index in [4.69, 9.17) is 21.4 Å². The van der Waals surface area contributed by atoms with E-state index in [2.05, 4.69) is 10.3 Å². The molecule has 0 saturated heterocycles. The van der Waals surface area contributed by atoms with Gasteiger partial charge in [0.05, 0.1) is 18.9 Å². The number of carbonyl (C=O) groups is 2. The molecule has 0 radical (unpaired) electrons. The van der Waals surface area contributed by atoms with Crippen molar-refractivity contribution in [3.63, 3.8) is 0 Å². The van der Waals surface area contributed by atoms with Gasteiger partial charge in [-0.15, -0.1) is 0 Å². The number of ether oxygens (including phenoxy) is 1. The Morgan fingerprint density at radius 1 is 1.11 bits per heavy atom. The van der Waals surface area contributed by atoms with Crippen molar-refractivity contribution in [3.05, 3.63) is 94.5 Å². The number of amides is 2. The highest BCUT2D eigenvalue weighted by molar-refractivity contribution is 8.15. The van der Waals surface area contributed by atoms with Crippen LogP contribution in [-0.2, 0) is 9.59 Å². The zero-order chi connectivity index (χ0) is 26.8. The number of hydrazone groups is 1. The average molecular weight is 555 g/mol. The molecule has 0 fully saturated rings. The summed E-state index contributed by atoms with van der Waals surface area (Å²) in [4.78, 5) is 29.5. The van der Waals surface area contributed by atoms with Gasteiger partial charge in [-0.3, -0.25) is 9.59 Å². The maximum atomic E-state index is 13.5. The number of halogens is 3. The lowest BCUT2D eigenvalue weighted by atomic mass is 9.98. The molecule has 2 heterocycles. The van der Waals surface area contributed by atoms with Crippen LogP contribution in [0.2, 0.25) is 5.02 Å². The Bertz CT molecular complexity index is 1450. The summed E-state index contributed by atoms with van der Waals surface area (Å²) in [5, 5.41) is 9.21. The van der Waals surface area contributed by atoms with Crippen LogP contribution in [0.5, 0.6) is 5.75 Å². The molecule has 0 spiro atoms. The molecular weight excluding hydrogens is 534 g/mol. The van der Waals surface area contributed by atoms with Gasteiger partial charge in [-0.1, -0.05) is 35.5 Å². The number of amidine groups is 1. The quantitative estimate of drug-likeness (QED) is 0.416. The van der Waals surface area contributed by atoms with Crippen LogP contribution in [0, 0.1) is 11.6 Å². The van der Waals surface area contributed by atoms with Gasteiger partial charge >= 0.3 is 0 Å². The number of hydrogen-bond acceptors (Lipinski definition) is 6. The highest BCUT2D eigenvalue weighted by Crippen LogP contribution is 2.39. The monoisotopic (exact) mass is 554 g/mol. The molecule has 0 bridgehead atoms. The number of anilines is 1. The minimum absolute atomic E-state index is 0.0987. The highest BCUT2D eigenvalue weighted by atomic mass is 35.5. The first kappa shape index (κ1) is 25.9. The number of aliphatic imine (C=N–C) groups is 1. The van der Waals surface area contributed by atoms with Gasteiger partial charge in [-0.05, 0) is 59.7 Å². The van der Waals surface area contributed by atoms with Crippen molar-refractivity contribution in [2.45, 2.75) is 24.1 Å². The largest absolute Gasteiger partial charge is 0.497 e. The smallest absolute Gasteiger partial charge is 0.262 e. The van der Waals surface area contributed by atoms with Crippen molar-refractivity contribution in [1.82, 2.24) is 5.01 Å². The molecular formula is C27H21ClF2N4O3S. The van der Waals surface area contributed by atoms with E-state index in [9.17, 15) is 18.4 Å². The van der Waals surface area contributed by atoms with Crippen LogP contribution in [0.4, 0.5) is 14.5 Å². The van der Waals surface area contributed by atoms with Crippen molar-refractivity contribution in [2.75, 3.05) is 12.4 Å². The Balaban J connectivity index is 1.34. The molecule has 194 valence electrons. The Morgan fingerprint density at radius 3 is 2.53 bits per heavy atom. The number of rotatable bonds is 6. The lowest BCUT2D eigenvalue weighted by Gasteiger charge is -2.23. The average Bonchev–Trinajstić information content (AvgIpc) is 3.51. The van der Waals surface area contributed by atoms with Gasteiger partial charge in [-0.2, -0.15) is 10.1 Å². The Kier molecular flexibility index (Phi) is 7.44. The summed E-state index contributed by atoms with van der Waals surface area (Å²) < 4.78 is 31.9. The van der Waals surface area contributed by atoms with E-state index in [1.807, 2.05) is 36.4 Å². The molecule has 5 rings (SSSR count). The lowest BCUT2D eigenvalue weighted by Crippen LogP contribution is -2.25. The van der Waals surface area contributed by atoms with Gasteiger partial charge in [0.2, 0.25) is 5.91 Å². The molecule has 2 atom stereocenters. The first-order valence-electron chi connectivity index (χ1n) is 11.6. The van der Waals surface area contributed by atoms with Crippen LogP contribution in [0.15, 0.2) is 76.8 Å². The molecule has 7 nitrogen and oxygen atoms in total. The molecule has 2 unspecified atom stereocenters. The number of methoxy groups -OCH3 is 1. The fourth-order valence-electron chi connectivity index (χ4n) is 4.15. The summed E-state index contributed by atoms with van der Waals surface area (Å²) in [6.07, 6.45) is 0.368. The molecule has 1 N–H and O–H groups in total. The molecule has 0 aromatic heterocycles. The van der Waals surface area contributed by atoms with Crippen molar-refractivity contribution >= 4 is 51.7 Å². The highest BCUT2D eigenvalue weighted by Gasteiger charge is 2.39. The van der Waals surface area contributed by atoms with Crippen molar-refractivity contribution < 1.29 is 23.1 Å². The lowest BCUT2D eigenvalue weighted by molar-refractivity contribution is -0.121. The second-order valence-corrected chi connectivity index (χ2v) is 10.2. The first-order valence-corrected chi connectivity index (χ1v) is 12.9. The van der Waals surface area contributed by atoms with Crippen LogP contribution >= 0.6 is 23.4 Å². The van der Waals surface area contributed by atoms with E-state index in [1.54, 1.807) is 24.3 Å². The SMILES string of the molecule is COc1ccc(C2=NN(C3=NC(=O)C(CC(=O)Nc4ccc(F)c(F)c4)S3)C(c3ccc(Cl)cc3)C2)cc1. The van der Waals surface area contributed by atoms with Crippen LogP contribution in [-0.4, -0.2) is 40.1 Å². The predicted octanol–water partition coefficient (Wildman–Crippen LogP) is 5.80. The zero-order valence-electron chi connectivity index (χ0n) is 20.0. The normalized spacial score (nSPS) is 18.8. The van der Waals surface area contributed by atoms with Crippen molar-refractivity contribution in [2.24, 2.45) is 10.1 Å². The first-order chi connectivity index (χ1) is 18.3. The summed E-state index contributed by atoms with van der Waals surface area (Å²) in [7, 11) is 1.60. The minimum Gasteiger partial charge on any atom is -0.497 e. The van der Waals surface area contributed by atoms with Gasteiger partial charge in [0.25, 0.3) is 5.91 Å². The van der Waals surface area contributed by atoms with Crippen LogP contribution in [0.25, 0.3) is 0 Å². The van der Waals surface area contributed by atoms with Crippen LogP contribution < -0.4 is 10.1 Å². The van der Waals surface area contributed by atoms with Gasteiger partial charge in [-0.25, -0.2) is 13.8 Å². The number of nitrogens with one attached hydrogen (secondary N) is 1. The van der Waals surface area contributed by atoms with Crippen molar-refractivity contribution in [1.29, 1.82) is 0 Å². The van der Waals surface area contributed by atoms with E-state index < -0.39 is 28.7 Å². The number of nitrogens with zero attached hydrogens (tertiary/aromatic N) is 3. The van der Waals surface area contributed by atoms with Gasteiger partial charge in [0.15, 0.2) is 16.8 Å². The maximum Gasteiger partial charge on any atom is 0.262 e. The Morgan fingerprint density at radius 2 is 1.84 bits per heavy atom. The predicted molar refractivity (Wildman–Crippen MR) is 144 cm³/mol. The standard InChI is InChI=1S/C27H21ClF2N4O3S/c1-37-19-9-4-15(5-10-19)22-13-23(16-2-6-17(28)7-3-16)34(33-22)27-32-26(36)24(38-27)14-25(35)31-18-8-11-20(29)21(30)12-18/h2-12,23-24H,13-14H2,1H3,(H,31,35). The third-order valence-electron chi connectivity index (χ3n) is 6.09. The topological polar surface area (TPSA) is 83.4 Å². The fourth-order valence-corrected chi connectivity index (χ4v) is 5.34. The second kappa shape index (κ2) is 10.9. The molecule has 2 aliphatic heterocycles. The van der Waals surface area contributed by atoms with Crippen LogP contribution in [0.3, 0.4) is 0 Å². The Labute approximate surface area is 226 Å². The van der Waals surface area contributed by atoms with Gasteiger partial charge in [0, 0.05) is 29.6 Å². The molecule has 11 heteroatoms. The second-order valence-electron chi connectivity index (χ2n) is 8.61. The third-order valence-corrected chi connectivity index (χ3v) is 7.48. The van der Waals surface area contributed by atoms with Gasteiger partial charge < -0.3 is 10.1 Å². The van der Waals surface area contributed by atoms with Gasteiger partial charge in [0.1, 0.15) is 11.0 Å². The molecule has 0 aliphatic carbocycles. The summed E-state index contributed by atoms with van der Waals surface area (Å²) in [5.41, 5.74) is 2.76. The molecule has 2 aliphatic rings. The fraction of sp³-hybridized carbons (Fsp3) is 0.185. The third kappa shape index (κ3) is 5.56. The summed E-state index contributed by atoms with van der Waals surface area (Å²) in [6.45, 7) is 0. The molecule has 2 amide bonds. The number of carbonyl (C=O) groups excluding carboxylic acids is 2. The number of hydrogen-bond donors (Lipinski definition) is 1. The number of thioether (sulfide) groups is 1. The van der Waals surface area contributed by atoms with E-state index in [1.165, 1.54) is 6.07 Å². The molecule has 0 saturated carbocycles. The summed E-state index contributed by atoms with van der Waals surface area (Å²) in [5.74, 6) is -2.35. The maximum absolute atomic E-state index is 13.5. The van der Waals surface area contributed by atoms with E-state index in [0.29, 0.717) is 16.6 Å². The summed E-state index contributed by atoms with van der Waals surface area (Å²) in [6, 6.07) is 17.7. The van der Waals surface area contributed by atoms with E-state index in [-0.39, 0.29) is 18.2 Å². The Hall–Kier alpha value is -3.76. The molecule has 38 heavy (non-hydrogen) atoms. The van der Waals surface area contributed by atoms with E-state index >= 15 is 0 Å². The molecule has 3 aromatic rings. The molecule has 3 aromatic carbocycles. The summed E-state index contributed by atoms with van der Waals surface area (Å²) >= 11 is 7.24. The van der Waals surface area contributed by atoms with E-state index in [0.717, 1.165) is 46.5 Å². The zero-order valence-corrected chi connectivity index (χ0v) is 21.6. The minimum atomic E-state index is -1.08. The van der Waals surface area contributed by atoms with Crippen LogP contribution in [0.1, 0.15) is 30.0 Å².